The summed E-state index contributed by atoms with van der Waals surface area (Å²) in [5.74, 6) is 1.51. The molecule has 0 radical (unpaired) electrons. The van der Waals surface area contributed by atoms with Gasteiger partial charge in [0.05, 0.1) is 12.8 Å². The molecular formula is C16H16N2O3. The van der Waals surface area contributed by atoms with E-state index < -0.39 is 6.09 Å². The first-order valence-corrected chi connectivity index (χ1v) is 6.56. The van der Waals surface area contributed by atoms with Gasteiger partial charge in [0.15, 0.2) is 0 Å². The molecule has 21 heavy (non-hydrogen) atoms. The Morgan fingerprint density at radius 1 is 1.10 bits per heavy atom. The molecule has 2 aromatic rings. The number of para-hydroxylation sites is 1. The maximum absolute atomic E-state index is 11.0. The van der Waals surface area contributed by atoms with Crippen LogP contribution in [0.25, 0.3) is 0 Å². The average Bonchev–Trinajstić information content (AvgIpc) is 2.50. The van der Waals surface area contributed by atoms with E-state index in [1.165, 1.54) is 6.21 Å². The van der Waals surface area contributed by atoms with Crippen molar-refractivity contribution in [3.8, 4) is 11.5 Å². The summed E-state index contributed by atoms with van der Waals surface area (Å²) in [6.07, 6.45) is 0.959. The number of hydrazone groups is 1. The van der Waals surface area contributed by atoms with Gasteiger partial charge < -0.3 is 9.47 Å². The number of hydrogen-bond acceptors (Lipinski definition) is 4. The molecule has 0 aliphatic carbocycles. The third kappa shape index (κ3) is 4.99. The number of hydrogen-bond donors (Lipinski definition) is 1. The Morgan fingerprint density at radius 3 is 2.43 bits per heavy atom. The van der Waals surface area contributed by atoms with Crippen molar-refractivity contribution in [1.29, 1.82) is 0 Å². The van der Waals surface area contributed by atoms with Crippen LogP contribution >= 0.6 is 0 Å². The number of benzene rings is 2. The van der Waals surface area contributed by atoms with Gasteiger partial charge in [-0.25, -0.2) is 10.2 Å². The standard InChI is InChI=1S/C16H16N2O3/c1-2-20-16(19)18-17-12-13-8-10-15(11-9-13)21-14-6-4-3-5-7-14/h3-12H,2H2,1H3,(H,18,19)/b17-12+. The number of nitrogens with zero attached hydrogens (tertiary/aromatic N) is 1. The van der Waals surface area contributed by atoms with Crippen molar-refractivity contribution in [3.05, 3.63) is 60.2 Å². The van der Waals surface area contributed by atoms with E-state index in [9.17, 15) is 4.79 Å². The maximum atomic E-state index is 11.0. The molecule has 0 aliphatic rings. The summed E-state index contributed by atoms with van der Waals surface area (Å²) in [6.45, 7) is 2.04. The molecule has 1 amide bonds. The molecule has 5 nitrogen and oxygen atoms in total. The molecule has 0 spiro atoms. The van der Waals surface area contributed by atoms with Crippen LogP contribution in [0.15, 0.2) is 59.7 Å². The quantitative estimate of drug-likeness (QED) is 0.674. The number of carbonyl (C=O) groups is 1. The van der Waals surface area contributed by atoms with Gasteiger partial charge in [0.2, 0.25) is 0 Å². The van der Waals surface area contributed by atoms with Gasteiger partial charge in [-0.2, -0.15) is 5.10 Å². The second-order valence-corrected chi connectivity index (χ2v) is 4.07. The Hall–Kier alpha value is -2.82. The smallest absolute Gasteiger partial charge is 0.427 e. The fourth-order valence-electron chi connectivity index (χ4n) is 1.57. The van der Waals surface area contributed by atoms with Crippen molar-refractivity contribution >= 4 is 12.3 Å². The van der Waals surface area contributed by atoms with Crippen molar-refractivity contribution in [2.24, 2.45) is 5.10 Å². The summed E-state index contributed by atoms with van der Waals surface area (Å²) >= 11 is 0. The molecule has 2 rings (SSSR count). The Balaban J connectivity index is 1.90. The number of carbonyl (C=O) groups excluding carboxylic acids is 1. The third-order valence-corrected chi connectivity index (χ3v) is 2.50. The van der Waals surface area contributed by atoms with E-state index in [-0.39, 0.29) is 0 Å². The van der Waals surface area contributed by atoms with Crippen LogP contribution in [-0.2, 0) is 4.74 Å². The molecule has 0 heterocycles. The normalized spacial score (nSPS) is 10.3. The molecule has 0 aliphatic heterocycles. The first-order chi connectivity index (χ1) is 10.3. The lowest BCUT2D eigenvalue weighted by molar-refractivity contribution is 0.152. The van der Waals surface area contributed by atoms with Crippen LogP contribution in [0.2, 0.25) is 0 Å². The Kier molecular flexibility index (Phi) is 5.34. The van der Waals surface area contributed by atoms with E-state index in [1.807, 2.05) is 54.6 Å². The summed E-state index contributed by atoms with van der Waals surface area (Å²) in [5.41, 5.74) is 3.10. The summed E-state index contributed by atoms with van der Waals surface area (Å²) in [5, 5.41) is 3.78. The highest BCUT2D eigenvalue weighted by Crippen LogP contribution is 2.20. The molecular weight excluding hydrogens is 268 g/mol. The monoisotopic (exact) mass is 284 g/mol. The second-order valence-electron chi connectivity index (χ2n) is 4.07. The van der Waals surface area contributed by atoms with Gasteiger partial charge in [-0.05, 0) is 48.9 Å². The lowest BCUT2D eigenvalue weighted by Gasteiger charge is -2.05. The highest BCUT2D eigenvalue weighted by molar-refractivity contribution is 5.81. The molecule has 0 fully saturated rings. The van der Waals surface area contributed by atoms with Gasteiger partial charge in [-0.15, -0.1) is 0 Å². The zero-order chi connectivity index (χ0) is 14.9. The zero-order valence-electron chi connectivity index (χ0n) is 11.7. The number of rotatable bonds is 5. The first kappa shape index (κ1) is 14.6. The Bertz CT molecular complexity index is 595. The molecule has 0 atom stereocenters. The molecule has 0 saturated heterocycles. The van der Waals surface area contributed by atoms with Gasteiger partial charge >= 0.3 is 6.09 Å². The summed E-state index contributed by atoms with van der Waals surface area (Å²) < 4.78 is 10.4. The number of ether oxygens (including phenoxy) is 2. The Labute approximate surface area is 123 Å². The van der Waals surface area contributed by atoms with Crippen LogP contribution in [-0.4, -0.2) is 18.9 Å². The topological polar surface area (TPSA) is 59.9 Å². The van der Waals surface area contributed by atoms with Crippen LogP contribution in [0.1, 0.15) is 12.5 Å². The van der Waals surface area contributed by atoms with Gasteiger partial charge in [-0.1, -0.05) is 18.2 Å². The van der Waals surface area contributed by atoms with Crippen molar-refractivity contribution in [2.45, 2.75) is 6.92 Å². The SMILES string of the molecule is CCOC(=O)N/N=C/c1ccc(Oc2ccccc2)cc1. The highest BCUT2D eigenvalue weighted by atomic mass is 16.5. The first-order valence-electron chi connectivity index (χ1n) is 6.56. The number of amides is 1. The number of nitrogens with one attached hydrogen (secondary N) is 1. The second kappa shape index (κ2) is 7.69. The van der Waals surface area contributed by atoms with Crippen LogP contribution < -0.4 is 10.2 Å². The zero-order valence-corrected chi connectivity index (χ0v) is 11.7. The fourth-order valence-corrected chi connectivity index (χ4v) is 1.57. The van der Waals surface area contributed by atoms with Crippen LogP contribution in [0.4, 0.5) is 4.79 Å². The maximum Gasteiger partial charge on any atom is 0.427 e. The van der Waals surface area contributed by atoms with Gasteiger partial charge in [0, 0.05) is 0 Å². The molecule has 5 heteroatoms. The van der Waals surface area contributed by atoms with Crippen LogP contribution in [0, 0.1) is 0 Å². The van der Waals surface area contributed by atoms with E-state index in [0.29, 0.717) is 6.61 Å². The summed E-state index contributed by atoms with van der Waals surface area (Å²) in [7, 11) is 0. The van der Waals surface area contributed by atoms with Crippen LogP contribution in [0.3, 0.4) is 0 Å². The minimum absolute atomic E-state index is 0.312. The van der Waals surface area contributed by atoms with E-state index in [2.05, 4.69) is 15.3 Å². The van der Waals surface area contributed by atoms with E-state index in [0.717, 1.165) is 17.1 Å². The van der Waals surface area contributed by atoms with Crippen molar-refractivity contribution < 1.29 is 14.3 Å². The molecule has 1 N–H and O–H groups in total. The molecule has 0 saturated carbocycles. The van der Waals surface area contributed by atoms with E-state index >= 15 is 0 Å². The van der Waals surface area contributed by atoms with Gasteiger partial charge in [-0.3, -0.25) is 0 Å². The summed E-state index contributed by atoms with van der Waals surface area (Å²) in [4.78, 5) is 11.0. The van der Waals surface area contributed by atoms with Crippen molar-refractivity contribution in [1.82, 2.24) is 5.43 Å². The highest BCUT2D eigenvalue weighted by Gasteiger charge is 1.97. The third-order valence-electron chi connectivity index (χ3n) is 2.50. The summed E-state index contributed by atoms with van der Waals surface area (Å²) in [6, 6.07) is 16.9. The molecule has 0 aromatic heterocycles. The van der Waals surface area contributed by atoms with Gasteiger partial charge in [0.1, 0.15) is 11.5 Å². The Morgan fingerprint density at radius 2 is 1.76 bits per heavy atom. The lowest BCUT2D eigenvalue weighted by atomic mass is 10.2. The van der Waals surface area contributed by atoms with E-state index in [1.54, 1.807) is 6.92 Å². The minimum atomic E-state index is -0.571. The van der Waals surface area contributed by atoms with Gasteiger partial charge in [0.25, 0.3) is 0 Å². The fraction of sp³-hybridized carbons (Fsp3) is 0.125. The lowest BCUT2D eigenvalue weighted by Crippen LogP contribution is -2.18. The van der Waals surface area contributed by atoms with E-state index in [4.69, 9.17) is 4.74 Å². The van der Waals surface area contributed by atoms with Crippen molar-refractivity contribution in [2.75, 3.05) is 6.61 Å². The minimum Gasteiger partial charge on any atom is -0.457 e. The molecule has 0 bridgehead atoms. The molecule has 2 aromatic carbocycles. The predicted molar refractivity (Wildman–Crippen MR) is 80.7 cm³/mol. The largest absolute Gasteiger partial charge is 0.457 e. The molecule has 0 unspecified atom stereocenters. The predicted octanol–water partition coefficient (Wildman–Crippen LogP) is 3.56. The molecule has 108 valence electrons. The van der Waals surface area contributed by atoms with Crippen LogP contribution in [0.5, 0.6) is 11.5 Å². The average molecular weight is 284 g/mol. The van der Waals surface area contributed by atoms with Crippen molar-refractivity contribution in [3.63, 3.8) is 0 Å².